The van der Waals surface area contributed by atoms with Crippen molar-refractivity contribution < 1.29 is 19.4 Å². The van der Waals surface area contributed by atoms with E-state index in [9.17, 15) is 9.59 Å². The summed E-state index contributed by atoms with van der Waals surface area (Å²) in [5.41, 5.74) is 0.886. The van der Waals surface area contributed by atoms with Gasteiger partial charge in [-0.2, -0.15) is 5.10 Å². The molecule has 2 N–H and O–H groups in total. The van der Waals surface area contributed by atoms with Gasteiger partial charge >= 0.3 is 12.1 Å². The molecule has 0 aliphatic rings. The summed E-state index contributed by atoms with van der Waals surface area (Å²) in [7, 11) is 0. The maximum atomic E-state index is 11.5. The van der Waals surface area contributed by atoms with E-state index in [0.717, 1.165) is 11.9 Å². The van der Waals surface area contributed by atoms with Crippen LogP contribution in [-0.2, 0) is 17.9 Å². The van der Waals surface area contributed by atoms with E-state index >= 15 is 0 Å². The van der Waals surface area contributed by atoms with Crippen LogP contribution >= 0.6 is 0 Å². The smallest absolute Gasteiger partial charge is 0.407 e. The second-order valence-electron chi connectivity index (χ2n) is 4.10. The van der Waals surface area contributed by atoms with E-state index in [1.807, 2.05) is 30.3 Å². The number of amides is 1. The molecular formula is C13H14N4O4. The fraction of sp³-hybridized carbons (Fsp3) is 0.231. The van der Waals surface area contributed by atoms with Crippen LogP contribution in [0.1, 0.15) is 16.2 Å². The summed E-state index contributed by atoms with van der Waals surface area (Å²) in [4.78, 5) is 25.9. The van der Waals surface area contributed by atoms with Gasteiger partial charge in [0.1, 0.15) is 12.9 Å². The average Bonchev–Trinajstić information content (AvgIpc) is 2.95. The van der Waals surface area contributed by atoms with Crippen molar-refractivity contribution in [2.45, 2.75) is 13.2 Å². The number of hydrogen-bond acceptors (Lipinski definition) is 5. The van der Waals surface area contributed by atoms with Crippen LogP contribution in [0.25, 0.3) is 0 Å². The Morgan fingerprint density at radius 2 is 2.05 bits per heavy atom. The standard InChI is InChI=1S/C13H14N4O4/c18-12(19)11-15-9-16-17(11)7-6-14-13(20)21-8-10-4-2-1-3-5-10/h1-5,9H,6-8H2,(H,14,20)(H,18,19). The van der Waals surface area contributed by atoms with Gasteiger partial charge < -0.3 is 15.2 Å². The first kappa shape index (κ1) is 14.5. The van der Waals surface area contributed by atoms with Crippen molar-refractivity contribution in [3.63, 3.8) is 0 Å². The highest BCUT2D eigenvalue weighted by atomic mass is 16.5. The Bertz CT molecular complexity index is 612. The largest absolute Gasteiger partial charge is 0.475 e. The second kappa shape index (κ2) is 7.04. The first-order valence-electron chi connectivity index (χ1n) is 6.22. The van der Waals surface area contributed by atoms with Crippen LogP contribution in [0.5, 0.6) is 0 Å². The normalized spacial score (nSPS) is 10.1. The molecule has 0 bridgehead atoms. The van der Waals surface area contributed by atoms with E-state index in [2.05, 4.69) is 15.4 Å². The predicted molar refractivity (Wildman–Crippen MR) is 71.6 cm³/mol. The molecule has 2 aromatic rings. The van der Waals surface area contributed by atoms with Crippen molar-refractivity contribution in [1.29, 1.82) is 0 Å². The highest BCUT2D eigenvalue weighted by Gasteiger charge is 2.12. The molecule has 8 heteroatoms. The molecule has 0 saturated heterocycles. The summed E-state index contributed by atoms with van der Waals surface area (Å²) in [6, 6.07) is 9.29. The summed E-state index contributed by atoms with van der Waals surface area (Å²) < 4.78 is 6.21. The molecule has 1 aromatic heterocycles. The average molecular weight is 290 g/mol. The predicted octanol–water partition coefficient (Wildman–Crippen LogP) is 0.903. The van der Waals surface area contributed by atoms with E-state index in [1.165, 1.54) is 4.68 Å². The lowest BCUT2D eigenvalue weighted by molar-refractivity contribution is 0.0676. The third kappa shape index (κ3) is 4.30. The first-order chi connectivity index (χ1) is 10.2. The summed E-state index contributed by atoms with van der Waals surface area (Å²) in [6.07, 6.45) is 0.577. The minimum atomic E-state index is -1.17. The van der Waals surface area contributed by atoms with Gasteiger partial charge in [-0.05, 0) is 5.56 Å². The number of nitrogens with one attached hydrogen (secondary N) is 1. The van der Waals surface area contributed by atoms with Gasteiger partial charge in [-0.15, -0.1) is 0 Å². The van der Waals surface area contributed by atoms with Gasteiger partial charge in [0.2, 0.25) is 5.82 Å². The molecule has 8 nitrogen and oxygen atoms in total. The Hall–Kier alpha value is -2.90. The van der Waals surface area contributed by atoms with Gasteiger partial charge in [0.15, 0.2) is 0 Å². The summed E-state index contributed by atoms with van der Waals surface area (Å²) in [5, 5.41) is 15.1. The zero-order valence-corrected chi connectivity index (χ0v) is 11.1. The molecule has 0 radical (unpaired) electrons. The van der Waals surface area contributed by atoms with Gasteiger partial charge in [0, 0.05) is 6.54 Å². The second-order valence-corrected chi connectivity index (χ2v) is 4.10. The molecular weight excluding hydrogens is 276 g/mol. The number of aromatic carboxylic acids is 1. The number of carbonyl (C=O) groups excluding carboxylic acids is 1. The molecule has 0 atom stereocenters. The minimum Gasteiger partial charge on any atom is -0.475 e. The monoisotopic (exact) mass is 290 g/mol. The first-order valence-corrected chi connectivity index (χ1v) is 6.22. The van der Waals surface area contributed by atoms with Gasteiger partial charge in [-0.25, -0.2) is 19.3 Å². The Balaban J connectivity index is 1.72. The lowest BCUT2D eigenvalue weighted by Gasteiger charge is -2.07. The Kier molecular flexibility index (Phi) is 4.86. The lowest BCUT2D eigenvalue weighted by atomic mass is 10.2. The van der Waals surface area contributed by atoms with Crippen LogP contribution < -0.4 is 5.32 Å². The van der Waals surface area contributed by atoms with Crippen LogP contribution in [0.3, 0.4) is 0 Å². The molecule has 1 amide bonds. The summed E-state index contributed by atoms with van der Waals surface area (Å²) in [5.74, 6) is -1.34. The summed E-state index contributed by atoms with van der Waals surface area (Å²) in [6.45, 7) is 0.565. The molecule has 2 rings (SSSR count). The van der Waals surface area contributed by atoms with Crippen LogP contribution in [0, 0.1) is 0 Å². The Morgan fingerprint density at radius 1 is 1.29 bits per heavy atom. The SMILES string of the molecule is O=C(NCCn1ncnc1C(=O)O)OCc1ccccc1. The highest BCUT2D eigenvalue weighted by molar-refractivity contribution is 5.83. The molecule has 0 saturated carbocycles. The zero-order valence-electron chi connectivity index (χ0n) is 11.1. The van der Waals surface area contributed by atoms with Crippen LogP contribution in [0.4, 0.5) is 4.79 Å². The number of hydrogen-bond donors (Lipinski definition) is 2. The third-order valence-electron chi connectivity index (χ3n) is 2.61. The number of carbonyl (C=O) groups is 2. The van der Waals surface area contributed by atoms with Crippen molar-refractivity contribution in [3.8, 4) is 0 Å². The minimum absolute atomic E-state index is 0.172. The van der Waals surface area contributed by atoms with E-state index in [1.54, 1.807) is 0 Å². The topological polar surface area (TPSA) is 106 Å². The quantitative estimate of drug-likeness (QED) is 0.818. The van der Waals surface area contributed by atoms with Gasteiger partial charge in [0.25, 0.3) is 0 Å². The number of carboxylic acids is 1. The number of aromatic nitrogens is 3. The van der Waals surface area contributed by atoms with E-state index in [0.29, 0.717) is 0 Å². The van der Waals surface area contributed by atoms with Gasteiger partial charge in [-0.3, -0.25) is 0 Å². The lowest BCUT2D eigenvalue weighted by Crippen LogP contribution is -2.29. The Labute approximate surface area is 120 Å². The number of nitrogens with zero attached hydrogens (tertiary/aromatic N) is 3. The van der Waals surface area contributed by atoms with Crippen molar-refractivity contribution >= 4 is 12.1 Å². The van der Waals surface area contributed by atoms with Gasteiger partial charge in [-0.1, -0.05) is 30.3 Å². The van der Waals surface area contributed by atoms with Crippen molar-refractivity contribution in [3.05, 3.63) is 48.0 Å². The number of ether oxygens (including phenoxy) is 1. The third-order valence-corrected chi connectivity index (χ3v) is 2.61. The molecule has 0 spiro atoms. The Morgan fingerprint density at radius 3 is 2.76 bits per heavy atom. The molecule has 0 fully saturated rings. The van der Waals surface area contributed by atoms with Crippen LogP contribution in [0.2, 0.25) is 0 Å². The van der Waals surface area contributed by atoms with Crippen molar-refractivity contribution in [2.75, 3.05) is 6.54 Å². The zero-order chi connectivity index (χ0) is 15.1. The van der Waals surface area contributed by atoms with E-state index in [4.69, 9.17) is 9.84 Å². The maximum Gasteiger partial charge on any atom is 0.407 e. The van der Waals surface area contributed by atoms with Crippen molar-refractivity contribution in [2.24, 2.45) is 0 Å². The highest BCUT2D eigenvalue weighted by Crippen LogP contribution is 2.00. The van der Waals surface area contributed by atoms with Crippen molar-refractivity contribution in [1.82, 2.24) is 20.1 Å². The van der Waals surface area contributed by atoms with Gasteiger partial charge in [0.05, 0.1) is 6.54 Å². The molecule has 0 aliphatic carbocycles. The van der Waals surface area contributed by atoms with Crippen LogP contribution in [-0.4, -0.2) is 38.5 Å². The molecule has 0 unspecified atom stereocenters. The maximum absolute atomic E-state index is 11.5. The molecule has 0 aliphatic heterocycles. The number of alkyl carbamates (subject to hydrolysis) is 1. The molecule has 21 heavy (non-hydrogen) atoms. The fourth-order valence-corrected chi connectivity index (χ4v) is 1.63. The summed E-state index contributed by atoms with van der Waals surface area (Å²) >= 11 is 0. The fourth-order valence-electron chi connectivity index (χ4n) is 1.63. The van der Waals surface area contributed by atoms with E-state index < -0.39 is 12.1 Å². The number of benzene rings is 1. The molecule has 1 aromatic carbocycles. The number of rotatable bonds is 6. The molecule has 1 heterocycles. The molecule has 110 valence electrons. The van der Waals surface area contributed by atoms with E-state index in [-0.39, 0.29) is 25.5 Å². The van der Waals surface area contributed by atoms with Crippen LogP contribution in [0.15, 0.2) is 36.7 Å². The number of carboxylic acid groups (broad SMARTS) is 1.